The fourth-order valence-electron chi connectivity index (χ4n) is 1.73. The van der Waals surface area contributed by atoms with E-state index >= 15 is 0 Å². The molecule has 1 atom stereocenters. The van der Waals surface area contributed by atoms with Crippen LogP contribution in [0.4, 0.5) is 0 Å². The minimum absolute atomic E-state index is 0.0723. The summed E-state index contributed by atoms with van der Waals surface area (Å²) in [4.78, 5) is 21.0. The molecule has 0 aliphatic carbocycles. The molecule has 0 bridgehead atoms. The van der Waals surface area contributed by atoms with Crippen LogP contribution in [0.1, 0.15) is 6.92 Å². The van der Waals surface area contributed by atoms with Crippen LogP contribution in [-0.4, -0.2) is 47.2 Å². The zero-order valence-corrected chi connectivity index (χ0v) is 12.2. The van der Waals surface area contributed by atoms with Crippen LogP contribution < -0.4 is 4.74 Å². The maximum atomic E-state index is 11.8. The number of ether oxygens (including phenoxy) is 1. The molecular formula is C13H17N3O2S. The van der Waals surface area contributed by atoms with Gasteiger partial charge in [-0.3, -0.25) is 4.79 Å². The number of nitrogens with one attached hydrogen (secondary N) is 1. The molecule has 102 valence electrons. The number of hydrogen-bond donors (Lipinski definition) is 1. The number of imidazole rings is 1. The van der Waals surface area contributed by atoms with Gasteiger partial charge in [0.25, 0.3) is 0 Å². The van der Waals surface area contributed by atoms with E-state index in [-0.39, 0.29) is 11.2 Å². The number of hydrogen-bond acceptors (Lipinski definition) is 4. The Labute approximate surface area is 116 Å². The summed E-state index contributed by atoms with van der Waals surface area (Å²) in [7, 11) is 5.14. The van der Waals surface area contributed by atoms with E-state index in [2.05, 4.69) is 9.97 Å². The lowest BCUT2D eigenvalue weighted by Gasteiger charge is -2.14. The molecule has 0 unspecified atom stereocenters. The van der Waals surface area contributed by atoms with Gasteiger partial charge < -0.3 is 14.6 Å². The molecule has 0 saturated heterocycles. The number of aromatic amines is 1. The fraction of sp³-hybridized carbons (Fsp3) is 0.385. The first-order valence-corrected chi connectivity index (χ1v) is 6.81. The molecule has 6 heteroatoms. The average molecular weight is 279 g/mol. The zero-order chi connectivity index (χ0) is 14.0. The van der Waals surface area contributed by atoms with Crippen LogP contribution in [0, 0.1) is 0 Å². The van der Waals surface area contributed by atoms with E-state index in [4.69, 9.17) is 4.74 Å². The molecule has 0 radical (unpaired) electrons. The second-order valence-electron chi connectivity index (χ2n) is 4.42. The summed E-state index contributed by atoms with van der Waals surface area (Å²) in [6.07, 6.45) is 0. The third kappa shape index (κ3) is 3.01. The number of carbonyl (C=O) groups excluding carboxylic acids is 1. The first-order valence-electron chi connectivity index (χ1n) is 5.93. The third-order valence-electron chi connectivity index (χ3n) is 2.74. The largest absolute Gasteiger partial charge is 0.497 e. The van der Waals surface area contributed by atoms with Gasteiger partial charge in [-0.2, -0.15) is 0 Å². The van der Waals surface area contributed by atoms with Crippen molar-refractivity contribution in [2.45, 2.75) is 17.3 Å². The summed E-state index contributed by atoms with van der Waals surface area (Å²) in [5.74, 6) is 0.855. The molecule has 2 aromatic rings. The summed E-state index contributed by atoms with van der Waals surface area (Å²) in [5, 5.41) is 0.573. The Bertz CT molecular complexity index is 595. The van der Waals surface area contributed by atoms with Crippen molar-refractivity contribution in [3.05, 3.63) is 18.2 Å². The van der Waals surface area contributed by atoms with Crippen LogP contribution in [-0.2, 0) is 4.79 Å². The molecule has 5 nitrogen and oxygen atoms in total. The van der Waals surface area contributed by atoms with Gasteiger partial charge in [0.15, 0.2) is 5.16 Å². The van der Waals surface area contributed by atoms with Crippen molar-refractivity contribution < 1.29 is 9.53 Å². The smallest absolute Gasteiger partial charge is 0.235 e. The molecule has 0 fully saturated rings. The van der Waals surface area contributed by atoms with E-state index in [0.29, 0.717) is 0 Å². The summed E-state index contributed by atoms with van der Waals surface area (Å²) >= 11 is 1.42. The number of rotatable bonds is 4. The number of benzene rings is 1. The number of thioether (sulfide) groups is 1. The van der Waals surface area contributed by atoms with E-state index in [1.165, 1.54) is 11.8 Å². The first-order chi connectivity index (χ1) is 9.01. The van der Waals surface area contributed by atoms with E-state index in [1.807, 2.05) is 25.1 Å². The molecular weight excluding hydrogens is 262 g/mol. The molecule has 0 saturated carbocycles. The van der Waals surface area contributed by atoms with E-state index < -0.39 is 0 Å². The van der Waals surface area contributed by atoms with Crippen molar-refractivity contribution >= 4 is 28.7 Å². The number of aromatic nitrogens is 2. The van der Waals surface area contributed by atoms with Crippen LogP contribution in [0.2, 0.25) is 0 Å². The van der Waals surface area contributed by atoms with Crippen LogP contribution in [0.25, 0.3) is 11.0 Å². The number of fused-ring (bicyclic) bond motifs is 1. The van der Waals surface area contributed by atoms with Crippen molar-refractivity contribution in [1.82, 2.24) is 14.9 Å². The summed E-state index contributed by atoms with van der Waals surface area (Å²) in [6.45, 7) is 1.88. The highest BCUT2D eigenvalue weighted by Crippen LogP contribution is 2.26. The summed E-state index contributed by atoms with van der Waals surface area (Å²) in [5.41, 5.74) is 1.78. The summed E-state index contributed by atoms with van der Waals surface area (Å²) < 4.78 is 5.17. The number of H-pyrrole nitrogens is 1. The zero-order valence-electron chi connectivity index (χ0n) is 11.4. The van der Waals surface area contributed by atoms with Gasteiger partial charge in [-0.25, -0.2) is 4.98 Å². The van der Waals surface area contributed by atoms with Gasteiger partial charge >= 0.3 is 0 Å². The molecule has 19 heavy (non-hydrogen) atoms. The Kier molecular flexibility index (Phi) is 3.99. The van der Waals surface area contributed by atoms with Crippen molar-refractivity contribution in [3.8, 4) is 5.75 Å². The van der Waals surface area contributed by atoms with Gasteiger partial charge in [0.05, 0.1) is 23.4 Å². The number of methoxy groups -OCH3 is 1. The monoisotopic (exact) mass is 279 g/mol. The van der Waals surface area contributed by atoms with Crippen molar-refractivity contribution in [2.75, 3.05) is 21.2 Å². The molecule has 0 spiro atoms. The minimum atomic E-state index is -0.169. The highest BCUT2D eigenvalue weighted by molar-refractivity contribution is 8.00. The van der Waals surface area contributed by atoms with Gasteiger partial charge in [0, 0.05) is 20.2 Å². The Hall–Kier alpha value is -1.69. The van der Waals surface area contributed by atoms with Crippen LogP contribution in [0.3, 0.4) is 0 Å². The standard InChI is InChI=1S/C13H17N3O2S/c1-8(12(17)16(2)3)19-13-14-10-6-5-9(18-4)7-11(10)15-13/h5-8H,1-4H3,(H,14,15)/t8-/m1/s1. The van der Waals surface area contributed by atoms with Crippen LogP contribution in [0.5, 0.6) is 5.75 Å². The Balaban J connectivity index is 2.19. The van der Waals surface area contributed by atoms with Gasteiger partial charge in [-0.1, -0.05) is 11.8 Å². The summed E-state index contributed by atoms with van der Waals surface area (Å²) in [6, 6.07) is 5.66. The minimum Gasteiger partial charge on any atom is -0.497 e. The maximum absolute atomic E-state index is 11.8. The fourth-order valence-corrected chi connectivity index (χ4v) is 2.70. The van der Waals surface area contributed by atoms with E-state index in [9.17, 15) is 4.79 Å². The highest BCUT2D eigenvalue weighted by Gasteiger charge is 2.18. The third-order valence-corrected chi connectivity index (χ3v) is 3.72. The second kappa shape index (κ2) is 5.52. The van der Waals surface area contributed by atoms with Gasteiger partial charge in [-0.05, 0) is 19.1 Å². The molecule has 1 amide bonds. The predicted molar refractivity (Wildman–Crippen MR) is 76.7 cm³/mol. The van der Waals surface area contributed by atoms with Crippen molar-refractivity contribution in [2.24, 2.45) is 0 Å². The lowest BCUT2D eigenvalue weighted by atomic mass is 10.3. The number of amides is 1. The normalized spacial score (nSPS) is 12.4. The lowest BCUT2D eigenvalue weighted by Crippen LogP contribution is -2.29. The quantitative estimate of drug-likeness (QED) is 0.871. The highest BCUT2D eigenvalue weighted by atomic mass is 32.2. The molecule has 1 aromatic carbocycles. The van der Waals surface area contributed by atoms with E-state index in [0.717, 1.165) is 21.9 Å². The second-order valence-corrected chi connectivity index (χ2v) is 5.75. The number of nitrogens with zero attached hydrogens (tertiary/aromatic N) is 2. The topological polar surface area (TPSA) is 58.2 Å². The molecule has 1 N–H and O–H groups in total. The lowest BCUT2D eigenvalue weighted by molar-refractivity contribution is -0.127. The van der Waals surface area contributed by atoms with E-state index in [1.54, 1.807) is 26.1 Å². The van der Waals surface area contributed by atoms with Gasteiger partial charge in [0.2, 0.25) is 5.91 Å². The van der Waals surface area contributed by atoms with Crippen LogP contribution >= 0.6 is 11.8 Å². The molecule has 0 aliphatic heterocycles. The first kappa shape index (κ1) is 13.7. The van der Waals surface area contributed by atoms with Gasteiger partial charge in [0.1, 0.15) is 5.75 Å². The van der Waals surface area contributed by atoms with Gasteiger partial charge in [-0.15, -0.1) is 0 Å². The molecule has 0 aliphatic rings. The van der Waals surface area contributed by atoms with Crippen LogP contribution in [0.15, 0.2) is 23.4 Å². The predicted octanol–water partition coefficient (Wildman–Crippen LogP) is 2.14. The average Bonchev–Trinajstić information content (AvgIpc) is 2.78. The number of carbonyl (C=O) groups is 1. The SMILES string of the molecule is COc1ccc2nc(S[C@H](C)C(=O)N(C)C)[nH]c2c1. The van der Waals surface area contributed by atoms with Crippen molar-refractivity contribution in [1.29, 1.82) is 0 Å². The molecule has 2 rings (SSSR count). The molecule has 1 aromatic heterocycles. The Morgan fingerprint density at radius 1 is 1.47 bits per heavy atom. The van der Waals surface area contributed by atoms with Crippen molar-refractivity contribution in [3.63, 3.8) is 0 Å². The molecule has 1 heterocycles. The Morgan fingerprint density at radius 3 is 2.84 bits per heavy atom. The maximum Gasteiger partial charge on any atom is 0.235 e. The Morgan fingerprint density at radius 2 is 2.21 bits per heavy atom.